The molecule has 0 atom stereocenters. The summed E-state index contributed by atoms with van der Waals surface area (Å²) in [4.78, 5) is 6.97. The number of anilines is 1. The Labute approximate surface area is 96.4 Å². The molecule has 0 aliphatic carbocycles. The van der Waals surface area contributed by atoms with E-state index < -0.39 is 0 Å². The van der Waals surface area contributed by atoms with E-state index in [0.717, 1.165) is 11.3 Å². The number of aromatic nitrogens is 2. The second-order valence-electron chi connectivity index (χ2n) is 2.92. The number of H-pyrrole nitrogens is 1. The van der Waals surface area contributed by atoms with Crippen molar-refractivity contribution in [2.24, 2.45) is 5.84 Å². The summed E-state index contributed by atoms with van der Waals surface area (Å²) in [7, 11) is 0. The molecule has 0 aliphatic heterocycles. The van der Waals surface area contributed by atoms with Crippen LogP contribution in [0, 0.1) is 0 Å². The van der Waals surface area contributed by atoms with Gasteiger partial charge in [0.15, 0.2) is 0 Å². The van der Waals surface area contributed by atoms with Crippen LogP contribution in [0.5, 0.6) is 0 Å². The van der Waals surface area contributed by atoms with Crippen molar-refractivity contribution in [3.8, 4) is 11.3 Å². The van der Waals surface area contributed by atoms with Gasteiger partial charge in [-0.25, -0.2) is 10.8 Å². The minimum Gasteiger partial charge on any atom is -0.323 e. The van der Waals surface area contributed by atoms with Crippen LogP contribution in [-0.4, -0.2) is 9.97 Å². The van der Waals surface area contributed by atoms with Crippen LogP contribution in [0.2, 0.25) is 10.0 Å². The molecule has 2 aromatic rings. The van der Waals surface area contributed by atoms with Crippen molar-refractivity contribution in [3.05, 3.63) is 34.4 Å². The lowest BCUT2D eigenvalue weighted by atomic mass is 10.2. The van der Waals surface area contributed by atoms with Gasteiger partial charge in [0.05, 0.1) is 21.9 Å². The SMILES string of the molecule is NNc1ncc(-c2ccc(Cl)c(Cl)c2)[nH]1. The third-order valence-electron chi connectivity index (χ3n) is 1.94. The molecule has 1 heterocycles. The number of rotatable bonds is 2. The number of halogens is 2. The Morgan fingerprint density at radius 3 is 2.67 bits per heavy atom. The summed E-state index contributed by atoms with van der Waals surface area (Å²) in [5.41, 5.74) is 4.14. The molecule has 4 N–H and O–H groups in total. The van der Waals surface area contributed by atoms with Gasteiger partial charge in [0.25, 0.3) is 0 Å². The molecule has 0 aliphatic rings. The largest absolute Gasteiger partial charge is 0.323 e. The van der Waals surface area contributed by atoms with Crippen molar-refractivity contribution >= 4 is 29.2 Å². The fourth-order valence-corrected chi connectivity index (χ4v) is 1.50. The van der Waals surface area contributed by atoms with E-state index in [4.69, 9.17) is 29.0 Å². The highest BCUT2D eigenvalue weighted by atomic mass is 35.5. The first-order chi connectivity index (χ1) is 7.20. The number of nitrogens with one attached hydrogen (secondary N) is 2. The van der Waals surface area contributed by atoms with Gasteiger partial charge in [-0.05, 0) is 12.1 Å². The Kier molecular flexibility index (Phi) is 2.81. The van der Waals surface area contributed by atoms with Gasteiger partial charge in [-0.3, -0.25) is 5.43 Å². The highest BCUT2D eigenvalue weighted by Crippen LogP contribution is 2.27. The van der Waals surface area contributed by atoms with E-state index in [9.17, 15) is 0 Å². The fraction of sp³-hybridized carbons (Fsp3) is 0. The van der Waals surface area contributed by atoms with Crippen LogP contribution in [0.3, 0.4) is 0 Å². The first-order valence-electron chi connectivity index (χ1n) is 4.18. The summed E-state index contributed by atoms with van der Waals surface area (Å²) in [5, 5.41) is 1.03. The van der Waals surface area contributed by atoms with Crippen molar-refractivity contribution in [2.45, 2.75) is 0 Å². The van der Waals surface area contributed by atoms with Crippen LogP contribution in [-0.2, 0) is 0 Å². The molecule has 0 spiro atoms. The van der Waals surface area contributed by atoms with Gasteiger partial charge < -0.3 is 4.98 Å². The van der Waals surface area contributed by atoms with Gasteiger partial charge in [-0.15, -0.1) is 0 Å². The normalized spacial score (nSPS) is 10.3. The molecular weight excluding hydrogens is 235 g/mol. The Bertz CT molecular complexity index is 481. The zero-order chi connectivity index (χ0) is 10.8. The molecule has 1 aromatic heterocycles. The maximum Gasteiger partial charge on any atom is 0.215 e. The highest BCUT2D eigenvalue weighted by molar-refractivity contribution is 6.42. The molecule has 0 amide bonds. The molecule has 1 aromatic carbocycles. The van der Waals surface area contributed by atoms with Crippen molar-refractivity contribution in [2.75, 3.05) is 5.43 Å². The number of hydrogen-bond donors (Lipinski definition) is 3. The van der Waals surface area contributed by atoms with Gasteiger partial charge in [-0.2, -0.15) is 0 Å². The third kappa shape index (κ3) is 2.07. The maximum atomic E-state index is 5.90. The van der Waals surface area contributed by atoms with Crippen LogP contribution in [0.4, 0.5) is 5.95 Å². The van der Waals surface area contributed by atoms with Gasteiger partial charge in [-0.1, -0.05) is 29.3 Å². The second-order valence-corrected chi connectivity index (χ2v) is 3.73. The molecule has 78 valence electrons. The third-order valence-corrected chi connectivity index (χ3v) is 2.68. The average Bonchev–Trinajstić information content (AvgIpc) is 2.70. The van der Waals surface area contributed by atoms with Crippen molar-refractivity contribution in [1.82, 2.24) is 9.97 Å². The van der Waals surface area contributed by atoms with Crippen molar-refractivity contribution in [1.29, 1.82) is 0 Å². The predicted molar refractivity (Wildman–Crippen MR) is 61.9 cm³/mol. The lowest BCUT2D eigenvalue weighted by Crippen LogP contribution is -2.07. The number of aromatic amines is 1. The number of nitrogens with zero attached hydrogens (tertiary/aromatic N) is 1. The summed E-state index contributed by atoms with van der Waals surface area (Å²) in [5.74, 6) is 5.70. The molecule has 0 fully saturated rings. The quantitative estimate of drug-likeness (QED) is 0.561. The van der Waals surface area contributed by atoms with E-state index in [-0.39, 0.29) is 0 Å². The summed E-state index contributed by atoms with van der Waals surface area (Å²) < 4.78 is 0. The molecule has 0 unspecified atom stereocenters. The van der Waals surface area contributed by atoms with Crippen molar-refractivity contribution < 1.29 is 0 Å². The topological polar surface area (TPSA) is 66.7 Å². The summed E-state index contributed by atoms with van der Waals surface area (Å²) in [6.45, 7) is 0. The van der Waals surface area contributed by atoms with E-state index >= 15 is 0 Å². The minimum absolute atomic E-state index is 0.496. The highest BCUT2D eigenvalue weighted by Gasteiger charge is 2.04. The first kappa shape index (κ1) is 10.3. The summed E-state index contributed by atoms with van der Waals surface area (Å²) >= 11 is 11.7. The van der Waals surface area contributed by atoms with E-state index in [1.165, 1.54) is 0 Å². The smallest absolute Gasteiger partial charge is 0.215 e. The van der Waals surface area contributed by atoms with Crippen LogP contribution < -0.4 is 11.3 Å². The number of hydrazine groups is 1. The molecule has 4 nitrogen and oxygen atoms in total. The number of hydrogen-bond acceptors (Lipinski definition) is 3. The Hall–Kier alpha value is -1.23. The summed E-state index contributed by atoms with van der Waals surface area (Å²) in [6, 6.07) is 5.34. The van der Waals surface area contributed by atoms with Gasteiger partial charge in [0.2, 0.25) is 5.95 Å². The molecule has 0 radical (unpaired) electrons. The standard InChI is InChI=1S/C9H8Cl2N4/c10-6-2-1-5(3-7(6)11)8-4-13-9(14-8)15-12/h1-4H,12H2,(H2,13,14,15). The lowest BCUT2D eigenvalue weighted by Gasteiger charge is -2.00. The van der Waals surface area contributed by atoms with Crippen molar-refractivity contribution in [3.63, 3.8) is 0 Å². The van der Waals surface area contributed by atoms with E-state index in [1.54, 1.807) is 18.3 Å². The Balaban J connectivity index is 2.40. The average molecular weight is 243 g/mol. The van der Waals surface area contributed by atoms with Crippen LogP contribution >= 0.6 is 23.2 Å². The van der Waals surface area contributed by atoms with Crippen LogP contribution in [0.15, 0.2) is 24.4 Å². The summed E-state index contributed by atoms with van der Waals surface area (Å²) in [6.07, 6.45) is 1.66. The van der Waals surface area contributed by atoms with Gasteiger partial charge in [0, 0.05) is 5.56 Å². The Morgan fingerprint density at radius 2 is 2.07 bits per heavy atom. The molecule has 2 rings (SSSR count). The number of benzene rings is 1. The maximum absolute atomic E-state index is 5.90. The molecule has 15 heavy (non-hydrogen) atoms. The molecular formula is C9H8Cl2N4. The van der Waals surface area contributed by atoms with Gasteiger partial charge >= 0.3 is 0 Å². The van der Waals surface area contributed by atoms with Crippen LogP contribution in [0.1, 0.15) is 0 Å². The molecule has 0 saturated carbocycles. The van der Waals surface area contributed by atoms with E-state index in [1.807, 2.05) is 6.07 Å². The van der Waals surface area contributed by atoms with E-state index in [2.05, 4.69) is 15.4 Å². The molecule has 0 saturated heterocycles. The monoisotopic (exact) mass is 242 g/mol. The molecule has 6 heteroatoms. The van der Waals surface area contributed by atoms with Crippen LogP contribution in [0.25, 0.3) is 11.3 Å². The molecule has 0 bridgehead atoms. The number of nitrogen functional groups attached to an aromatic ring is 1. The zero-order valence-corrected chi connectivity index (χ0v) is 9.10. The predicted octanol–water partition coefficient (Wildman–Crippen LogP) is 2.67. The number of nitrogens with two attached hydrogens (primary N) is 1. The van der Waals surface area contributed by atoms with E-state index in [0.29, 0.717) is 16.0 Å². The lowest BCUT2D eigenvalue weighted by molar-refractivity contribution is 1.20. The van der Waals surface area contributed by atoms with Gasteiger partial charge in [0.1, 0.15) is 0 Å². The fourth-order valence-electron chi connectivity index (χ4n) is 1.20. The zero-order valence-electron chi connectivity index (χ0n) is 7.59. The Morgan fingerprint density at radius 1 is 1.27 bits per heavy atom. The second kappa shape index (κ2) is 4.10. The first-order valence-corrected chi connectivity index (χ1v) is 4.93. The number of imidazole rings is 1. The minimum atomic E-state index is 0.496.